The summed E-state index contributed by atoms with van der Waals surface area (Å²) in [6.07, 6.45) is -0.204. The molecule has 2 N–H and O–H groups in total. The minimum absolute atomic E-state index is 0.0234. The standard InChI is InChI=1S/C16H22N2O3/c1-11(2)14(8-9-19)18-16(20)12(3)21-15-7-5-4-6-13(15)10-17/h4-7,11-12,14,19H,8-9H2,1-3H3,(H,18,20). The fourth-order valence-corrected chi connectivity index (χ4v) is 1.92. The Bertz CT molecular complexity index is 508. The van der Waals surface area contributed by atoms with Crippen LogP contribution in [0.5, 0.6) is 5.75 Å². The Balaban J connectivity index is 2.68. The van der Waals surface area contributed by atoms with Gasteiger partial charge in [-0.2, -0.15) is 5.26 Å². The summed E-state index contributed by atoms with van der Waals surface area (Å²) < 4.78 is 5.56. The predicted molar refractivity (Wildman–Crippen MR) is 79.7 cm³/mol. The maximum Gasteiger partial charge on any atom is 0.261 e. The van der Waals surface area contributed by atoms with Crippen LogP contribution in [0.4, 0.5) is 0 Å². The number of rotatable bonds is 7. The third-order valence-corrected chi connectivity index (χ3v) is 3.25. The topological polar surface area (TPSA) is 82.3 Å². The van der Waals surface area contributed by atoms with E-state index in [1.54, 1.807) is 31.2 Å². The number of carbonyl (C=O) groups excluding carboxylic acids is 1. The van der Waals surface area contributed by atoms with Crippen molar-refractivity contribution in [3.8, 4) is 11.8 Å². The highest BCUT2D eigenvalue weighted by atomic mass is 16.5. The highest BCUT2D eigenvalue weighted by Gasteiger charge is 2.21. The molecular formula is C16H22N2O3. The van der Waals surface area contributed by atoms with Gasteiger partial charge in [0.25, 0.3) is 5.91 Å². The molecule has 0 saturated carbocycles. The van der Waals surface area contributed by atoms with Crippen molar-refractivity contribution >= 4 is 5.91 Å². The zero-order valence-electron chi connectivity index (χ0n) is 12.7. The number of carbonyl (C=O) groups is 1. The summed E-state index contributed by atoms with van der Waals surface area (Å²) in [5, 5.41) is 20.9. The van der Waals surface area contributed by atoms with Gasteiger partial charge in [0.15, 0.2) is 6.10 Å². The Labute approximate surface area is 125 Å². The second-order valence-electron chi connectivity index (χ2n) is 5.24. The first kappa shape index (κ1) is 17.0. The Morgan fingerprint density at radius 1 is 1.38 bits per heavy atom. The number of para-hydroxylation sites is 1. The highest BCUT2D eigenvalue weighted by molar-refractivity contribution is 5.81. The lowest BCUT2D eigenvalue weighted by atomic mass is 10.0. The van der Waals surface area contributed by atoms with Gasteiger partial charge in [0.2, 0.25) is 0 Å². The van der Waals surface area contributed by atoms with Crippen LogP contribution in [-0.4, -0.2) is 29.8 Å². The van der Waals surface area contributed by atoms with Gasteiger partial charge in [-0.05, 0) is 31.4 Å². The SMILES string of the molecule is CC(Oc1ccccc1C#N)C(=O)NC(CCO)C(C)C. The molecule has 0 aliphatic heterocycles. The van der Waals surface area contributed by atoms with Crippen LogP contribution >= 0.6 is 0 Å². The molecule has 1 rings (SSSR count). The Hall–Kier alpha value is -2.06. The van der Waals surface area contributed by atoms with E-state index in [9.17, 15) is 4.79 Å². The van der Waals surface area contributed by atoms with Crippen molar-refractivity contribution in [2.24, 2.45) is 5.92 Å². The minimum Gasteiger partial charge on any atom is -0.480 e. The summed E-state index contributed by atoms with van der Waals surface area (Å²) in [5.74, 6) is 0.362. The van der Waals surface area contributed by atoms with Crippen LogP contribution in [0, 0.1) is 17.2 Å². The average molecular weight is 290 g/mol. The lowest BCUT2D eigenvalue weighted by Gasteiger charge is -2.24. The van der Waals surface area contributed by atoms with Gasteiger partial charge in [0.05, 0.1) is 5.56 Å². The lowest BCUT2D eigenvalue weighted by molar-refractivity contribution is -0.128. The van der Waals surface area contributed by atoms with Gasteiger partial charge in [0.1, 0.15) is 11.8 Å². The van der Waals surface area contributed by atoms with E-state index in [1.165, 1.54) is 0 Å². The molecule has 114 valence electrons. The zero-order chi connectivity index (χ0) is 15.8. The normalized spacial score (nSPS) is 13.3. The smallest absolute Gasteiger partial charge is 0.261 e. The summed E-state index contributed by atoms with van der Waals surface area (Å²) in [5.41, 5.74) is 0.396. The number of hydrogen-bond acceptors (Lipinski definition) is 4. The molecule has 1 aromatic rings. The molecule has 0 radical (unpaired) electrons. The maximum absolute atomic E-state index is 12.1. The summed E-state index contributed by atoms with van der Waals surface area (Å²) >= 11 is 0. The third kappa shape index (κ3) is 5.09. The first-order chi connectivity index (χ1) is 9.99. The summed E-state index contributed by atoms with van der Waals surface area (Å²) in [7, 11) is 0. The molecule has 0 heterocycles. The van der Waals surface area contributed by atoms with E-state index < -0.39 is 6.10 Å². The second kappa shape index (κ2) is 8.28. The summed E-state index contributed by atoms with van der Waals surface area (Å²) in [6, 6.07) is 8.73. The van der Waals surface area contributed by atoms with E-state index in [1.807, 2.05) is 19.9 Å². The number of aliphatic hydroxyl groups is 1. The zero-order valence-corrected chi connectivity index (χ0v) is 12.7. The van der Waals surface area contributed by atoms with Crippen LogP contribution in [0.25, 0.3) is 0 Å². The highest BCUT2D eigenvalue weighted by Crippen LogP contribution is 2.18. The molecule has 0 aliphatic carbocycles. The van der Waals surface area contributed by atoms with Crippen LogP contribution in [0.3, 0.4) is 0 Å². The van der Waals surface area contributed by atoms with Gasteiger partial charge in [-0.15, -0.1) is 0 Å². The van der Waals surface area contributed by atoms with Gasteiger partial charge >= 0.3 is 0 Å². The molecule has 1 amide bonds. The maximum atomic E-state index is 12.1. The van der Waals surface area contributed by atoms with Crippen LogP contribution in [-0.2, 0) is 4.79 Å². The summed E-state index contributed by atoms with van der Waals surface area (Å²) in [4.78, 5) is 12.1. The fraction of sp³-hybridized carbons (Fsp3) is 0.500. The molecule has 0 fully saturated rings. The molecule has 0 aliphatic rings. The number of ether oxygens (including phenoxy) is 1. The van der Waals surface area contributed by atoms with E-state index in [2.05, 4.69) is 5.32 Å². The Morgan fingerprint density at radius 3 is 2.62 bits per heavy atom. The predicted octanol–water partition coefficient (Wildman–Crippen LogP) is 1.85. The number of benzene rings is 1. The van der Waals surface area contributed by atoms with E-state index in [4.69, 9.17) is 15.1 Å². The average Bonchev–Trinajstić information content (AvgIpc) is 2.47. The monoisotopic (exact) mass is 290 g/mol. The van der Waals surface area contributed by atoms with Crippen LogP contribution in [0.1, 0.15) is 32.8 Å². The molecule has 2 atom stereocenters. The molecule has 0 saturated heterocycles. The van der Waals surface area contributed by atoms with Crippen molar-refractivity contribution in [3.63, 3.8) is 0 Å². The van der Waals surface area contributed by atoms with Crippen molar-refractivity contribution in [1.29, 1.82) is 5.26 Å². The van der Waals surface area contributed by atoms with Gasteiger partial charge in [0, 0.05) is 12.6 Å². The number of nitriles is 1. The van der Waals surface area contributed by atoms with Crippen molar-refractivity contribution in [2.75, 3.05) is 6.61 Å². The third-order valence-electron chi connectivity index (χ3n) is 3.25. The fourth-order valence-electron chi connectivity index (χ4n) is 1.92. The number of aliphatic hydroxyl groups excluding tert-OH is 1. The lowest BCUT2D eigenvalue weighted by Crippen LogP contribution is -2.45. The second-order valence-corrected chi connectivity index (χ2v) is 5.24. The first-order valence-electron chi connectivity index (χ1n) is 7.06. The van der Waals surface area contributed by atoms with Gasteiger partial charge < -0.3 is 15.2 Å². The molecule has 21 heavy (non-hydrogen) atoms. The molecule has 2 unspecified atom stereocenters. The Morgan fingerprint density at radius 2 is 2.05 bits per heavy atom. The summed E-state index contributed by atoms with van der Waals surface area (Å²) in [6.45, 7) is 5.63. The quantitative estimate of drug-likeness (QED) is 0.803. The Kier molecular flexibility index (Phi) is 6.70. The number of nitrogens with one attached hydrogen (secondary N) is 1. The first-order valence-corrected chi connectivity index (χ1v) is 7.06. The van der Waals surface area contributed by atoms with E-state index in [0.717, 1.165) is 0 Å². The number of hydrogen-bond donors (Lipinski definition) is 2. The molecule has 0 bridgehead atoms. The van der Waals surface area contributed by atoms with Crippen molar-refractivity contribution in [3.05, 3.63) is 29.8 Å². The molecular weight excluding hydrogens is 268 g/mol. The van der Waals surface area contributed by atoms with Crippen LogP contribution < -0.4 is 10.1 Å². The molecule has 5 heteroatoms. The molecule has 1 aromatic carbocycles. The number of nitrogens with zero attached hydrogens (tertiary/aromatic N) is 1. The number of amides is 1. The van der Waals surface area contributed by atoms with Crippen LogP contribution in [0.2, 0.25) is 0 Å². The van der Waals surface area contributed by atoms with Gasteiger partial charge in [-0.3, -0.25) is 4.79 Å². The van der Waals surface area contributed by atoms with Crippen molar-refractivity contribution < 1.29 is 14.6 Å². The molecule has 0 aromatic heterocycles. The van der Waals surface area contributed by atoms with Crippen molar-refractivity contribution in [2.45, 2.75) is 39.3 Å². The van der Waals surface area contributed by atoms with Crippen molar-refractivity contribution in [1.82, 2.24) is 5.32 Å². The van der Waals surface area contributed by atoms with E-state index in [0.29, 0.717) is 17.7 Å². The van der Waals surface area contributed by atoms with Gasteiger partial charge in [-0.1, -0.05) is 26.0 Å². The van der Waals surface area contributed by atoms with E-state index in [-0.39, 0.29) is 24.5 Å². The van der Waals surface area contributed by atoms with Crippen LogP contribution in [0.15, 0.2) is 24.3 Å². The molecule has 5 nitrogen and oxygen atoms in total. The minimum atomic E-state index is -0.709. The molecule has 0 spiro atoms. The van der Waals surface area contributed by atoms with Gasteiger partial charge in [-0.25, -0.2) is 0 Å². The van der Waals surface area contributed by atoms with E-state index >= 15 is 0 Å². The largest absolute Gasteiger partial charge is 0.480 e.